The molecule has 1 aliphatic rings. The van der Waals surface area contributed by atoms with Crippen molar-refractivity contribution in [3.8, 4) is 0 Å². The second kappa shape index (κ2) is 6.09. The SMILES string of the molecule is CCN(CC)Cc1ccc(C(=O)N2CC(C(=O)O)C2)o1. The van der Waals surface area contributed by atoms with Crippen LogP contribution in [0.4, 0.5) is 0 Å². The number of carbonyl (C=O) groups is 2. The minimum absolute atomic E-state index is 0.228. The van der Waals surface area contributed by atoms with Crippen molar-refractivity contribution in [1.29, 1.82) is 0 Å². The zero-order valence-corrected chi connectivity index (χ0v) is 11.8. The Morgan fingerprint density at radius 1 is 1.35 bits per heavy atom. The van der Waals surface area contributed by atoms with Gasteiger partial charge in [-0.05, 0) is 25.2 Å². The summed E-state index contributed by atoms with van der Waals surface area (Å²) in [5.74, 6) is -0.476. The maximum Gasteiger partial charge on any atom is 0.310 e. The molecule has 0 bridgehead atoms. The summed E-state index contributed by atoms with van der Waals surface area (Å²) >= 11 is 0. The first-order valence-electron chi connectivity index (χ1n) is 6.88. The molecule has 6 heteroatoms. The van der Waals surface area contributed by atoms with Gasteiger partial charge >= 0.3 is 5.97 Å². The number of carbonyl (C=O) groups excluding carboxylic acids is 1. The van der Waals surface area contributed by atoms with Crippen molar-refractivity contribution in [1.82, 2.24) is 9.80 Å². The topological polar surface area (TPSA) is 74.0 Å². The molecule has 6 nitrogen and oxygen atoms in total. The van der Waals surface area contributed by atoms with E-state index < -0.39 is 11.9 Å². The lowest BCUT2D eigenvalue weighted by Crippen LogP contribution is -2.52. The maximum absolute atomic E-state index is 12.1. The Bertz CT molecular complexity index is 487. The molecule has 110 valence electrons. The van der Waals surface area contributed by atoms with Crippen LogP contribution in [0.25, 0.3) is 0 Å². The first kappa shape index (κ1) is 14.6. The lowest BCUT2D eigenvalue weighted by Gasteiger charge is -2.35. The van der Waals surface area contributed by atoms with Gasteiger partial charge in [-0.3, -0.25) is 14.5 Å². The van der Waals surface area contributed by atoms with Crippen LogP contribution in [0.1, 0.15) is 30.2 Å². The zero-order chi connectivity index (χ0) is 14.7. The van der Waals surface area contributed by atoms with E-state index in [9.17, 15) is 9.59 Å². The Labute approximate surface area is 118 Å². The molecule has 1 amide bonds. The number of carboxylic acids is 1. The van der Waals surface area contributed by atoms with Gasteiger partial charge in [-0.15, -0.1) is 0 Å². The third-order valence-electron chi connectivity index (χ3n) is 3.66. The van der Waals surface area contributed by atoms with E-state index in [0.29, 0.717) is 6.54 Å². The van der Waals surface area contributed by atoms with Crippen molar-refractivity contribution >= 4 is 11.9 Å². The summed E-state index contributed by atoms with van der Waals surface area (Å²) in [4.78, 5) is 26.5. The van der Waals surface area contributed by atoms with Crippen LogP contribution in [0.2, 0.25) is 0 Å². The van der Waals surface area contributed by atoms with Crippen molar-refractivity contribution in [3.63, 3.8) is 0 Å². The Morgan fingerprint density at radius 2 is 2.00 bits per heavy atom. The second-order valence-corrected chi connectivity index (χ2v) is 4.97. The largest absolute Gasteiger partial charge is 0.481 e. The fourth-order valence-electron chi connectivity index (χ4n) is 2.20. The molecule has 1 N–H and O–H groups in total. The lowest BCUT2D eigenvalue weighted by molar-refractivity contribution is -0.146. The fourth-order valence-corrected chi connectivity index (χ4v) is 2.20. The summed E-state index contributed by atoms with van der Waals surface area (Å²) in [6.45, 7) is 7.20. The van der Waals surface area contributed by atoms with Crippen LogP contribution in [0, 0.1) is 5.92 Å². The predicted octanol–water partition coefficient (Wildman–Crippen LogP) is 1.28. The third kappa shape index (κ3) is 3.01. The van der Waals surface area contributed by atoms with Gasteiger partial charge in [0.1, 0.15) is 5.76 Å². The smallest absolute Gasteiger partial charge is 0.310 e. The molecule has 0 aromatic carbocycles. The van der Waals surface area contributed by atoms with Crippen LogP contribution in [-0.4, -0.2) is 53.0 Å². The van der Waals surface area contributed by atoms with Crippen LogP contribution in [0.5, 0.6) is 0 Å². The quantitative estimate of drug-likeness (QED) is 0.849. The van der Waals surface area contributed by atoms with Crippen molar-refractivity contribution in [2.45, 2.75) is 20.4 Å². The highest BCUT2D eigenvalue weighted by atomic mass is 16.4. The summed E-state index contributed by atoms with van der Waals surface area (Å²) in [5.41, 5.74) is 0. The first-order chi connectivity index (χ1) is 9.55. The van der Waals surface area contributed by atoms with Gasteiger partial charge in [-0.1, -0.05) is 13.8 Å². The highest BCUT2D eigenvalue weighted by Gasteiger charge is 2.36. The monoisotopic (exact) mass is 280 g/mol. The Morgan fingerprint density at radius 3 is 2.55 bits per heavy atom. The minimum Gasteiger partial charge on any atom is -0.481 e. The van der Waals surface area contributed by atoms with Gasteiger partial charge in [-0.2, -0.15) is 0 Å². The highest BCUT2D eigenvalue weighted by molar-refractivity contribution is 5.93. The van der Waals surface area contributed by atoms with E-state index in [0.717, 1.165) is 18.8 Å². The number of amides is 1. The predicted molar refractivity (Wildman–Crippen MR) is 72.4 cm³/mol. The number of carboxylic acid groups (broad SMARTS) is 1. The number of rotatable bonds is 6. The van der Waals surface area contributed by atoms with Crippen molar-refractivity contribution in [2.75, 3.05) is 26.2 Å². The summed E-state index contributed by atoms with van der Waals surface area (Å²) in [5, 5.41) is 8.79. The molecule has 20 heavy (non-hydrogen) atoms. The standard InChI is InChI=1S/C14H20N2O4/c1-3-15(4-2)9-11-5-6-12(20-11)13(17)16-7-10(8-16)14(18)19/h5-6,10H,3-4,7-9H2,1-2H3,(H,18,19). The van der Waals surface area contributed by atoms with Gasteiger partial charge in [-0.25, -0.2) is 0 Å². The van der Waals surface area contributed by atoms with Gasteiger partial charge in [0, 0.05) is 13.1 Å². The second-order valence-electron chi connectivity index (χ2n) is 4.97. The molecule has 1 aromatic rings. The lowest BCUT2D eigenvalue weighted by atomic mass is 10.0. The van der Waals surface area contributed by atoms with Gasteiger partial charge in [0.25, 0.3) is 5.91 Å². The molecular weight excluding hydrogens is 260 g/mol. The Balaban J connectivity index is 1.92. The van der Waals surface area contributed by atoms with Gasteiger partial charge < -0.3 is 14.4 Å². The van der Waals surface area contributed by atoms with E-state index in [1.807, 2.05) is 0 Å². The van der Waals surface area contributed by atoms with E-state index in [1.165, 1.54) is 4.90 Å². The molecule has 0 radical (unpaired) electrons. The van der Waals surface area contributed by atoms with E-state index >= 15 is 0 Å². The molecule has 2 rings (SSSR count). The van der Waals surface area contributed by atoms with Crippen molar-refractivity contribution in [2.24, 2.45) is 5.92 Å². The molecule has 0 spiro atoms. The summed E-state index contributed by atoms with van der Waals surface area (Å²) in [7, 11) is 0. The molecule has 0 saturated carbocycles. The van der Waals surface area contributed by atoms with Crippen LogP contribution in [-0.2, 0) is 11.3 Å². The Kier molecular flexibility index (Phi) is 4.44. The molecule has 1 aromatic heterocycles. The molecular formula is C14H20N2O4. The Hall–Kier alpha value is -1.82. The molecule has 0 atom stereocenters. The number of nitrogens with zero attached hydrogens (tertiary/aromatic N) is 2. The van der Waals surface area contributed by atoms with E-state index in [2.05, 4.69) is 18.7 Å². The number of hydrogen-bond donors (Lipinski definition) is 1. The average Bonchev–Trinajstić information content (AvgIpc) is 2.82. The summed E-state index contributed by atoms with van der Waals surface area (Å²) in [6.07, 6.45) is 0. The number of likely N-dealkylation sites (tertiary alicyclic amines) is 1. The fraction of sp³-hybridized carbons (Fsp3) is 0.571. The van der Waals surface area contributed by atoms with E-state index in [4.69, 9.17) is 9.52 Å². The van der Waals surface area contributed by atoms with Crippen LogP contribution >= 0.6 is 0 Å². The van der Waals surface area contributed by atoms with E-state index in [-0.39, 0.29) is 24.8 Å². The highest BCUT2D eigenvalue weighted by Crippen LogP contribution is 2.20. The third-order valence-corrected chi connectivity index (χ3v) is 3.66. The van der Waals surface area contributed by atoms with Gasteiger partial charge in [0.15, 0.2) is 5.76 Å². The average molecular weight is 280 g/mol. The van der Waals surface area contributed by atoms with Crippen LogP contribution < -0.4 is 0 Å². The summed E-state index contributed by atoms with van der Waals surface area (Å²) in [6, 6.07) is 3.47. The van der Waals surface area contributed by atoms with Crippen LogP contribution in [0.3, 0.4) is 0 Å². The molecule has 1 aliphatic heterocycles. The maximum atomic E-state index is 12.1. The number of hydrogen-bond acceptors (Lipinski definition) is 4. The molecule has 2 heterocycles. The molecule has 0 aliphatic carbocycles. The molecule has 1 saturated heterocycles. The number of furan rings is 1. The van der Waals surface area contributed by atoms with Crippen LogP contribution in [0.15, 0.2) is 16.5 Å². The van der Waals surface area contributed by atoms with Crippen molar-refractivity contribution in [3.05, 3.63) is 23.7 Å². The molecule has 0 unspecified atom stereocenters. The first-order valence-corrected chi connectivity index (χ1v) is 6.88. The normalized spacial score (nSPS) is 15.4. The number of aliphatic carboxylic acids is 1. The molecule has 1 fully saturated rings. The summed E-state index contributed by atoms with van der Waals surface area (Å²) < 4.78 is 5.55. The van der Waals surface area contributed by atoms with Crippen molar-refractivity contribution < 1.29 is 19.1 Å². The van der Waals surface area contributed by atoms with Gasteiger partial charge in [0.2, 0.25) is 0 Å². The van der Waals surface area contributed by atoms with Gasteiger partial charge in [0.05, 0.1) is 12.5 Å². The zero-order valence-electron chi connectivity index (χ0n) is 11.8. The minimum atomic E-state index is -0.851. The van der Waals surface area contributed by atoms with E-state index in [1.54, 1.807) is 12.1 Å².